The Morgan fingerprint density at radius 1 is 1.23 bits per heavy atom. The maximum absolute atomic E-state index is 6.16. The van der Waals surface area contributed by atoms with Crippen LogP contribution in [0.1, 0.15) is 46.5 Å². The monoisotopic (exact) mass is 202 g/mol. The lowest BCUT2D eigenvalue weighted by Crippen LogP contribution is -2.34. The van der Waals surface area contributed by atoms with Crippen LogP contribution in [-0.2, 0) is 4.74 Å². The quantitative estimate of drug-likeness (QED) is 0.690. The first-order valence-corrected chi connectivity index (χ1v) is 6.61. The molecule has 0 amide bonds. The third kappa shape index (κ3) is 3.51. The Balaban J connectivity index is 2.35. The molecule has 0 aliphatic carbocycles. The molecular formula is C11H22OS. The number of rotatable bonds is 4. The van der Waals surface area contributed by atoms with Gasteiger partial charge in [0.15, 0.2) is 0 Å². The Bertz CT molecular complexity index is 137. The minimum absolute atomic E-state index is 0.132. The molecule has 13 heavy (non-hydrogen) atoms. The molecule has 2 heteroatoms. The Morgan fingerprint density at radius 3 is 2.23 bits per heavy atom. The van der Waals surface area contributed by atoms with Crippen molar-refractivity contribution in [3.8, 4) is 0 Å². The Kier molecular flexibility index (Phi) is 4.60. The molecule has 0 N–H and O–H groups in total. The van der Waals surface area contributed by atoms with Crippen LogP contribution in [0.15, 0.2) is 0 Å². The zero-order valence-corrected chi connectivity index (χ0v) is 9.95. The van der Waals surface area contributed by atoms with E-state index < -0.39 is 0 Å². The maximum atomic E-state index is 6.16. The molecule has 0 aromatic heterocycles. The Hall–Kier alpha value is 0.310. The molecule has 1 rings (SSSR count). The summed E-state index contributed by atoms with van der Waals surface area (Å²) >= 11 is 2.06. The fraction of sp³-hybridized carbons (Fsp3) is 1.00. The highest BCUT2D eigenvalue weighted by Gasteiger charge is 2.26. The molecule has 0 spiro atoms. The van der Waals surface area contributed by atoms with Gasteiger partial charge in [0.25, 0.3) is 0 Å². The highest BCUT2D eigenvalue weighted by molar-refractivity contribution is 7.99. The second-order valence-corrected chi connectivity index (χ2v) is 5.31. The van der Waals surface area contributed by atoms with Crippen molar-refractivity contribution in [2.24, 2.45) is 0 Å². The van der Waals surface area contributed by atoms with Crippen LogP contribution in [0.25, 0.3) is 0 Å². The molecule has 1 aliphatic rings. The van der Waals surface area contributed by atoms with Gasteiger partial charge in [-0.2, -0.15) is 11.8 Å². The first-order chi connectivity index (χ1) is 6.20. The third-order valence-corrected chi connectivity index (χ3v) is 4.16. The average molecular weight is 202 g/mol. The van der Waals surface area contributed by atoms with Crippen molar-refractivity contribution in [3.63, 3.8) is 0 Å². The fourth-order valence-corrected chi connectivity index (χ4v) is 2.68. The van der Waals surface area contributed by atoms with Crippen molar-refractivity contribution in [1.29, 1.82) is 0 Å². The SMILES string of the molecule is CCC(C)(CC)OC1CCSCC1. The van der Waals surface area contributed by atoms with Crippen molar-refractivity contribution >= 4 is 11.8 Å². The normalized spacial score (nSPS) is 20.5. The van der Waals surface area contributed by atoms with E-state index in [-0.39, 0.29) is 5.60 Å². The lowest BCUT2D eigenvalue weighted by Gasteiger charge is -2.34. The van der Waals surface area contributed by atoms with Gasteiger partial charge in [0.05, 0.1) is 11.7 Å². The van der Waals surface area contributed by atoms with Gasteiger partial charge in [-0.1, -0.05) is 13.8 Å². The summed E-state index contributed by atoms with van der Waals surface area (Å²) in [7, 11) is 0. The van der Waals surface area contributed by atoms with Crippen molar-refractivity contribution in [1.82, 2.24) is 0 Å². The zero-order valence-electron chi connectivity index (χ0n) is 9.14. The molecule has 78 valence electrons. The van der Waals surface area contributed by atoms with E-state index in [0.29, 0.717) is 6.10 Å². The standard InChI is InChI=1S/C11H22OS/c1-4-11(3,5-2)12-10-6-8-13-9-7-10/h10H,4-9H2,1-3H3. The topological polar surface area (TPSA) is 9.23 Å². The minimum atomic E-state index is 0.132. The van der Waals surface area contributed by atoms with Crippen molar-refractivity contribution in [3.05, 3.63) is 0 Å². The van der Waals surface area contributed by atoms with Crippen LogP contribution in [0.3, 0.4) is 0 Å². The molecule has 0 aromatic rings. The van der Waals surface area contributed by atoms with Crippen LogP contribution < -0.4 is 0 Å². The second-order valence-electron chi connectivity index (χ2n) is 4.09. The molecule has 0 saturated carbocycles. The number of ether oxygens (including phenoxy) is 1. The van der Waals surface area contributed by atoms with Crippen molar-refractivity contribution in [2.75, 3.05) is 11.5 Å². The Labute approximate surface area is 86.6 Å². The lowest BCUT2D eigenvalue weighted by molar-refractivity contribution is -0.0893. The number of hydrogen-bond donors (Lipinski definition) is 0. The van der Waals surface area contributed by atoms with Crippen LogP contribution in [0.5, 0.6) is 0 Å². The van der Waals surface area contributed by atoms with Gasteiger partial charge in [0.2, 0.25) is 0 Å². The van der Waals surface area contributed by atoms with Gasteiger partial charge in [-0.25, -0.2) is 0 Å². The van der Waals surface area contributed by atoms with Gasteiger partial charge in [-0.05, 0) is 44.1 Å². The van der Waals surface area contributed by atoms with E-state index in [4.69, 9.17) is 4.74 Å². The van der Waals surface area contributed by atoms with E-state index in [0.717, 1.165) is 12.8 Å². The van der Waals surface area contributed by atoms with E-state index in [2.05, 4.69) is 32.5 Å². The van der Waals surface area contributed by atoms with Gasteiger partial charge in [-0.15, -0.1) is 0 Å². The first kappa shape index (κ1) is 11.4. The van der Waals surface area contributed by atoms with E-state index in [1.165, 1.54) is 24.3 Å². The molecule has 0 unspecified atom stereocenters. The van der Waals surface area contributed by atoms with E-state index >= 15 is 0 Å². The van der Waals surface area contributed by atoms with E-state index in [1.807, 2.05) is 0 Å². The number of hydrogen-bond acceptors (Lipinski definition) is 2. The summed E-state index contributed by atoms with van der Waals surface area (Å²) in [6.45, 7) is 6.69. The highest BCUT2D eigenvalue weighted by atomic mass is 32.2. The molecule has 1 aliphatic heterocycles. The highest BCUT2D eigenvalue weighted by Crippen LogP contribution is 2.27. The molecule has 0 atom stereocenters. The minimum Gasteiger partial charge on any atom is -0.372 e. The van der Waals surface area contributed by atoms with Crippen LogP contribution in [0.2, 0.25) is 0 Å². The van der Waals surface area contributed by atoms with Crippen LogP contribution in [-0.4, -0.2) is 23.2 Å². The molecule has 1 nitrogen and oxygen atoms in total. The predicted octanol–water partition coefficient (Wildman–Crippen LogP) is 3.48. The number of thioether (sulfide) groups is 1. The second kappa shape index (κ2) is 5.26. The third-order valence-electron chi connectivity index (χ3n) is 3.12. The summed E-state index contributed by atoms with van der Waals surface area (Å²) in [5.74, 6) is 2.57. The van der Waals surface area contributed by atoms with Crippen LogP contribution >= 0.6 is 11.8 Å². The molecular weight excluding hydrogens is 180 g/mol. The summed E-state index contributed by atoms with van der Waals surface area (Å²) < 4.78 is 6.16. The van der Waals surface area contributed by atoms with Crippen LogP contribution in [0.4, 0.5) is 0 Å². The maximum Gasteiger partial charge on any atom is 0.0653 e. The van der Waals surface area contributed by atoms with Crippen molar-refractivity contribution < 1.29 is 4.74 Å². The summed E-state index contributed by atoms with van der Waals surface area (Å²) in [6, 6.07) is 0. The molecule has 1 heterocycles. The van der Waals surface area contributed by atoms with Gasteiger partial charge in [0.1, 0.15) is 0 Å². The van der Waals surface area contributed by atoms with Gasteiger partial charge >= 0.3 is 0 Å². The summed E-state index contributed by atoms with van der Waals surface area (Å²) in [6.07, 6.45) is 5.30. The smallest absolute Gasteiger partial charge is 0.0653 e. The zero-order chi connectivity index (χ0) is 9.73. The van der Waals surface area contributed by atoms with E-state index in [9.17, 15) is 0 Å². The van der Waals surface area contributed by atoms with Gasteiger partial charge in [0, 0.05) is 0 Å². The average Bonchev–Trinajstić information content (AvgIpc) is 2.19. The summed E-state index contributed by atoms with van der Waals surface area (Å²) in [4.78, 5) is 0. The Morgan fingerprint density at radius 2 is 1.77 bits per heavy atom. The molecule has 0 bridgehead atoms. The summed E-state index contributed by atoms with van der Waals surface area (Å²) in [5.41, 5.74) is 0.132. The lowest BCUT2D eigenvalue weighted by atomic mass is 9.99. The molecule has 0 aromatic carbocycles. The van der Waals surface area contributed by atoms with Gasteiger partial charge in [-0.3, -0.25) is 0 Å². The first-order valence-electron chi connectivity index (χ1n) is 5.45. The fourth-order valence-electron chi connectivity index (χ4n) is 1.61. The molecule has 1 saturated heterocycles. The van der Waals surface area contributed by atoms with E-state index in [1.54, 1.807) is 0 Å². The van der Waals surface area contributed by atoms with Crippen molar-refractivity contribution in [2.45, 2.75) is 58.2 Å². The molecule has 0 radical (unpaired) electrons. The predicted molar refractivity (Wildman–Crippen MR) is 60.4 cm³/mol. The van der Waals surface area contributed by atoms with Crippen LogP contribution in [0, 0.1) is 0 Å². The van der Waals surface area contributed by atoms with Gasteiger partial charge < -0.3 is 4.74 Å². The summed E-state index contributed by atoms with van der Waals surface area (Å²) in [5, 5.41) is 0. The molecule has 1 fully saturated rings. The largest absolute Gasteiger partial charge is 0.372 e.